The Labute approximate surface area is 92.5 Å². The molecule has 0 N–H and O–H groups in total. The Morgan fingerprint density at radius 1 is 1.31 bits per heavy atom. The van der Waals surface area contributed by atoms with Gasteiger partial charge in [0.05, 0.1) is 0 Å². The maximum absolute atomic E-state index is 13.6. The lowest BCUT2D eigenvalue weighted by atomic mass is 10.1. The highest BCUT2D eigenvalue weighted by Crippen LogP contribution is 2.23. The lowest BCUT2D eigenvalue weighted by Gasteiger charge is -2.28. The number of azide groups is 1. The molecule has 0 radical (unpaired) electrons. The number of hydrogen-bond acceptors (Lipinski definition) is 3. The van der Waals surface area contributed by atoms with E-state index in [9.17, 15) is 4.39 Å². The average molecular weight is 221 g/mol. The number of nitrogens with zero attached hydrogens (tertiary/aromatic N) is 5. The molecule has 0 atom stereocenters. The van der Waals surface area contributed by atoms with Crippen LogP contribution in [-0.4, -0.2) is 18.1 Å². The Bertz CT molecular complexity index is 421. The zero-order valence-electron chi connectivity index (χ0n) is 8.80. The van der Waals surface area contributed by atoms with Gasteiger partial charge in [0.2, 0.25) is 0 Å². The van der Waals surface area contributed by atoms with Crippen LogP contribution in [-0.2, 0) is 0 Å². The Kier molecular flexibility index (Phi) is 3.22. The molecule has 0 aliphatic carbocycles. The third-order valence-electron chi connectivity index (χ3n) is 2.62. The molecule has 1 aromatic rings. The van der Waals surface area contributed by atoms with Gasteiger partial charge in [-0.05, 0) is 42.0 Å². The van der Waals surface area contributed by atoms with Gasteiger partial charge in [0.25, 0.3) is 0 Å². The third kappa shape index (κ3) is 2.23. The second kappa shape index (κ2) is 4.81. The molecule has 0 unspecified atom stereocenters. The number of pyridine rings is 1. The minimum absolute atomic E-state index is 0.212. The summed E-state index contributed by atoms with van der Waals surface area (Å²) in [6, 6.07) is 2.67. The van der Waals surface area contributed by atoms with Gasteiger partial charge >= 0.3 is 0 Å². The minimum Gasteiger partial charge on any atom is -0.354 e. The first-order valence-corrected chi connectivity index (χ1v) is 5.28. The lowest BCUT2D eigenvalue weighted by molar-refractivity contribution is 0.550. The molecule has 0 saturated carbocycles. The van der Waals surface area contributed by atoms with Crippen LogP contribution in [0.25, 0.3) is 10.4 Å². The molecular weight excluding hydrogens is 209 g/mol. The van der Waals surface area contributed by atoms with Gasteiger partial charge in [-0.3, -0.25) is 0 Å². The first kappa shape index (κ1) is 10.7. The molecule has 5 nitrogen and oxygen atoms in total. The summed E-state index contributed by atoms with van der Waals surface area (Å²) in [6.07, 6.45) is 3.27. The number of piperidine rings is 1. The van der Waals surface area contributed by atoms with Crippen molar-refractivity contribution in [3.63, 3.8) is 0 Å². The molecule has 1 aliphatic rings. The van der Waals surface area contributed by atoms with Crippen LogP contribution in [0.15, 0.2) is 17.2 Å². The van der Waals surface area contributed by atoms with Crippen molar-refractivity contribution in [3.8, 4) is 0 Å². The van der Waals surface area contributed by atoms with E-state index in [-0.39, 0.29) is 11.6 Å². The van der Waals surface area contributed by atoms with Crippen molar-refractivity contribution >= 4 is 11.6 Å². The Hall–Kier alpha value is -1.81. The Morgan fingerprint density at radius 2 is 2.06 bits per heavy atom. The van der Waals surface area contributed by atoms with Gasteiger partial charge in [0.1, 0.15) is 5.82 Å². The van der Waals surface area contributed by atoms with Crippen LogP contribution < -0.4 is 4.90 Å². The molecular formula is C10H12FN5. The molecule has 6 heteroatoms. The first-order valence-electron chi connectivity index (χ1n) is 5.28. The summed E-state index contributed by atoms with van der Waals surface area (Å²) in [5, 5.41) is 3.38. The topological polar surface area (TPSA) is 64.9 Å². The average Bonchev–Trinajstić information content (AvgIpc) is 2.33. The Morgan fingerprint density at radius 3 is 2.75 bits per heavy atom. The van der Waals surface area contributed by atoms with Crippen molar-refractivity contribution in [2.24, 2.45) is 5.11 Å². The molecule has 0 spiro atoms. The van der Waals surface area contributed by atoms with Crippen molar-refractivity contribution in [1.82, 2.24) is 4.98 Å². The van der Waals surface area contributed by atoms with E-state index < -0.39 is 0 Å². The normalized spacial score (nSPS) is 15.7. The monoisotopic (exact) mass is 221 g/mol. The minimum atomic E-state index is -0.362. The van der Waals surface area contributed by atoms with Gasteiger partial charge in [0.15, 0.2) is 11.6 Å². The highest BCUT2D eigenvalue weighted by molar-refractivity contribution is 5.46. The lowest BCUT2D eigenvalue weighted by Crippen LogP contribution is -2.30. The molecule has 0 bridgehead atoms. The van der Waals surface area contributed by atoms with Gasteiger partial charge < -0.3 is 4.90 Å². The van der Waals surface area contributed by atoms with Crippen LogP contribution in [0.1, 0.15) is 19.3 Å². The summed E-state index contributed by atoms with van der Waals surface area (Å²) in [5.74, 6) is 0.146. The molecule has 2 heterocycles. The summed E-state index contributed by atoms with van der Waals surface area (Å²) in [7, 11) is 0. The summed E-state index contributed by atoms with van der Waals surface area (Å²) < 4.78 is 13.6. The van der Waals surface area contributed by atoms with Crippen molar-refractivity contribution in [2.75, 3.05) is 18.0 Å². The third-order valence-corrected chi connectivity index (χ3v) is 2.62. The van der Waals surface area contributed by atoms with E-state index in [4.69, 9.17) is 5.53 Å². The van der Waals surface area contributed by atoms with Gasteiger partial charge in [-0.15, -0.1) is 0 Å². The molecule has 0 amide bonds. The second-order valence-corrected chi connectivity index (χ2v) is 3.71. The van der Waals surface area contributed by atoms with E-state index in [1.807, 2.05) is 4.90 Å². The van der Waals surface area contributed by atoms with Gasteiger partial charge in [0, 0.05) is 18.0 Å². The second-order valence-electron chi connectivity index (χ2n) is 3.71. The molecule has 0 aromatic carbocycles. The van der Waals surface area contributed by atoms with E-state index in [2.05, 4.69) is 15.0 Å². The van der Waals surface area contributed by atoms with E-state index in [1.54, 1.807) is 0 Å². The van der Waals surface area contributed by atoms with E-state index in [0.29, 0.717) is 5.82 Å². The fourth-order valence-corrected chi connectivity index (χ4v) is 1.85. The largest absolute Gasteiger partial charge is 0.354 e. The molecule has 1 aromatic heterocycles. The molecule has 16 heavy (non-hydrogen) atoms. The highest BCUT2D eigenvalue weighted by atomic mass is 19.1. The molecule has 1 saturated heterocycles. The molecule has 84 valence electrons. The number of aromatic nitrogens is 1. The zero-order valence-corrected chi connectivity index (χ0v) is 8.80. The fourth-order valence-electron chi connectivity index (χ4n) is 1.85. The van der Waals surface area contributed by atoms with Gasteiger partial charge in [-0.1, -0.05) is 0 Å². The van der Waals surface area contributed by atoms with Crippen molar-refractivity contribution < 1.29 is 4.39 Å². The quantitative estimate of drug-likeness (QED) is 0.437. The predicted octanol–water partition coefficient (Wildman–Crippen LogP) is 3.15. The summed E-state index contributed by atoms with van der Waals surface area (Å²) >= 11 is 0. The number of rotatable bonds is 2. The maximum atomic E-state index is 13.6. The zero-order chi connectivity index (χ0) is 11.4. The van der Waals surface area contributed by atoms with E-state index >= 15 is 0 Å². The van der Waals surface area contributed by atoms with Gasteiger partial charge in [-0.25, -0.2) is 9.37 Å². The molecule has 2 rings (SSSR count). The molecule has 1 fully saturated rings. The first-order chi connectivity index (χ1) is 7.81. The fraction of sp³-hybridized carbons (Fsp3) is 0.500. The summed E-state index contributed by atoms with van der Waals surface area (Å²) in [6.45, 7) is 1.62. The van der Waals surface area contributed by atoms with Crippen LogP contribution in [0.4, 0.5) is 16.0 Å². The van der Waals surface area contributed by atoms with Crippen molar-refractivity contribution in [1.29, 1.82) is 0 Å². The SMILES string of the molecule is [N-]=[N+]=Nc1ccc(F)c(N2CCCCC2)n1. The number of hydrogen-bond donors (Lipinski definition) is 0. The standard InChI is InChI=1S/C10H12FN5/c11-8-4-5-9(14-15-12)13-10(8)16-6-2-1-3-7-16/h4-5H,1-3,6-7H2. The van der Waals surface area contributed by atoms with Crippen LogP contribution in [0.5, 0.6) is 0 Å². The van der Waals surface area contributed by atoms with Gasteiger partial charge in [-0.2, -0.15) is 0 Å². The summed E-state index contributed by atoms with van der Waals surface area (Å²) in [5.41, 5.74) is 8.30. The Balaban J connectivity index is 2.30. The van der Waals surface area contributed by atoms with Crippen molar-refractivity contribution in [3.05, 3.63) is 28.4 Å². The number of halogens is 1. The van der Waals surface area contributed by atoms with Crippen LogP contribution in [0.3, 0.4) is 0 Å². The van der Waals surface area contributed by atoms with Crippen LogP contribution in [0, 0.1) is 5.82 Å². The smallest absolute Gasteiger partial charge is 0.165 e. The molecule has 1 aliphatic heterocycles. The van der Waals surface area contributed by atoms with E-state index in [0.717, 1.165) is 25.9 Å². The highest BCUT2D eigenvalue weighted by Gasteiger charge is 2.16. The predicted molar refractivity (Wildman–Crippen MR) is 59.1 cm³/mol. The van der Waals surface area contributed by atoms with Crippen LogP contribution in [0.2, 0.25) is 0 Å². The number of anilines is 1. The summed E-state index contributed by atoms with van der Waals surface area (Å²) in [4.78, 5) is 8.56. The maximum Gasteiger partial charge on any atom is 0.165 e. The van der Waals surface area contributed by atoms with E-state index in [1.165, 1.54) is 18.6 Å². The van der Waals surface area contributed by atoms with Crippen molar-refractivity contribution in [2.45, 2.75) is 19.3 Å². The van der Waals surface area contributed by atoms with Crippen LogP contribution >= 0.6 is 0 Å².